The number of rotatable bonds is 9. The normalized spacial score (nSPS) is 23.3. The number of nitrogens with zero attached hydrogens (tertiary/aromatic N) is 4. The monoisotopic (exact) mass is 583 g/mol. The number of carboxylic acid groups (broad SMARTS) is 1. The van der Waals surface area contributed by atoms with Crippen molar-refractivity contribution >= 4 is 29.5 Å². The predicted octanol–water partition coefficient (Wildman–Crippen LogP) is 4.26. The van der Waals surface area contributed by atoms with Crippen LogP contribution in [-0.2, 0) is 15.8 Å². The number of esters is 1. The molecule has 3 saturated carbocycles. The fraction of sp³-hybridized carbons (Fsp3) is 0.333. The molecule has 13 heteroatoms. The van der Waals surface area contributed by atoms with Crippen molar-refractivity contribution in [2.24, 2.45) is 0 Å². The summed E-state index contributed by atoms with van der Waals surface area (Å²) in [6.45, 7) is 3.46. The molecule has 1 atom stereocenters. The molecule has 43 heavy (non-hydrogen) atoms. The third-order valence-electron chi connectivity index (χ3n) is 8.51. The Balaban J connectivity index is 1.20. The second-order valence-electron chi connectivity index (χ2n) is 12.0. The van der Waals surface area contributed by atoms with E-state index in [2.05, 4.69) is 31.1 Å². The maximum atomic E-state index is 12.2. The van der Waals surface area contributed by atoms with Crippen LogP contribution in [0.2, 0.25) is 0 Å². The van der Waals surface area contributed by atoms with Crippen LogP contribution in [0.15, 0.2) is 59.3 Å². The Labute approximate surface area is 245 Å². The van der Waals surface area contributed by atoms with E-state index in [0.717, 1.165) is 11.1 Å². The van der Waals surface area contributed by atoms with Crippen molar-refractivity contribution in [1.82, 2.24) is 25.4 Å². The smallest absolute Gasteiger partial charge is 0.405 e. The summed E-state index contributed by atoms with van der Waals surface area (Å²) >= 11 is 0. The Morgan fingerprint density at radius 1 is 1.07 bits per heavy atom. The van der Waals surface area contributed by atoms with Gasteiger partial charge in [0.05, 0.1) is 18.2 Å². The molecule has 8 rings (SSSR count). The molecule has 2 bridgehead atoms. The second kappa shape index (κ2) is 9.49. The number of nitrogens with one attached hydrogen (secondary N) is 3. The van der Waals surface area contributed by atoms with Gasteiger partial charge in [0, 0.05) is 28.4 Å². The molecule has 13 nitrogen and oxygen atoms in total. The summed E-state index contributed by atoms with van der Waals surface area (Å²) in [5, 5.41) is 32.7. The number of aliphatic hydroxyl groups excluding tert-OH is 1. The van der Waals surface area contributed by atoms with E-state index in [-0.39, 0.29) is 29.8 Å². The van der Waals surface area contributed by atoms with Crippen LogP contribution in [0.4, 0.5) is 22.2 Å². The third-order valence-corrected chi connectivity index (χ3v) is 8.51. The Bertz CT molecular complexity index is 1740. The molecule has 0 radical (unpaired) electrons. The average Bonchev–Trinajstić information content (AvgIpc) is 3.51. The van der Waals surface area contributed by atoms with Gasteiger partial charge in [0.1, 0.15) is 17.0 Å². The van der Waals surface area contributed by atoms with Crippen molar-refractivity contribution in [2.45, 2.75) is 55.7 Å². The molecule has 5 N–H and O–H groups in total. The van der Waals surface area contributed by atoms with Gasteiger partial charge in [0.15, 0.2) is 5.82 Å². The molecule has 3 fully saturated rings. The van der Waals surface area contributed by atoms with Gasteiger partial charge in [-0.05, 0) is 56.9 Å². The van der Waals surface area contributed by atoms with Crippen LogP contribution in [0.5, 0.6) is 0 Å². The van der Waals surface area contributed by atoms with Crippen LogP contribution < -0.4 is 16.0 Å². The fourth-order valence-electron chi connectivity index (χ4n) is 6.50. The zero-order valence-corrected chi connectivity index (χ0v) is 23.4. The van der Waals surface area contributed by atoms with Gasteiger partial charge >= 0.3 is 12.1 Å². The summed E-state index contributed by atoms with van der Waals surface area (Å²) in [7, 11) is 0. The summed E-state index contributed by atoms with van der Waals surface area (Å²) in [6, 6.07) is 14.3. The van der Waals surface area contributed by atoms with E-state index in [1.54, 1.807) is 18.3 Å². The van der Waals surface area contributed by atoms with E-state index in [1.807, 2.05) is 50.2 Å². The van der Waals surface area contributed by atoms with Gasteiger partial charge in [-0.25, -0.2) is 14.6 Å². The van der Waals surface area contributed by atoms with Crippen molar-refractivity contribution in [3.63, 3.8) is 0 Å². The van der Waals surface area contributed by atoms with Gasteiger partial charge in [-0.2, -0.15) is 9.97 Å². The van der Waals surface area contributed by atoms with Crippen molar-refractivity contribution in [1.29, 1.82) is 0 Å². The van der Waals surface area contributed by atoms with Crippen molar-refractivity contribution in [3.8, 4) is 11.5 Å². The topological polar surface area (TPSA) is 185 Å². The van der Waals surface area contributed by atoms with E-state index >= 15 is 0 Å². The number of ether oxygens (including phenoxy) is 1. The largest absolute Gasteiger partial charge is 0.465 e. The number of hydrogen-bond acceptors (Lipinski definition) is 11. The summed E-state index contributed by atoms with van der Waals surface area (Å²) in [5.74, 6) is 0.982. The molecule has 0 spiro atoms. The first kappa shape index (κ1) is 26.8. The number of fused-ring (bicyclic) bond motifs is 1. The lowest BCUT2D eigenvalue weighted by atomic mass is 9.39. The van der Waals surface area contributed by atoms with E-state index in [9.17, 15) is 14.7 Å². The number of benzene rings is 2. The zero-order chi connectivity index (χ0) is 30.0. The number of amides is 1. The fourth-order valence-corrected chi connectivity index (χ4v) is 6.50. The number of carbonyl (C=O) groups excluding carboxylic acids is 1. The summed E-state index contributed by atoms with van der Waals surface area (Å²) in [5.41, 5.74) is 1.75. The van der Waals surface area contributed by atoms with Crippen LogP contribution >= 0.6 is 0 Å². The first-order valence-corrected chi connectivity index (χ1v) is 13.9. The molecule has 1 amide bonds. The Kier molecular flexibility index (Phi) is 5.92. The van der Waals surface area contributed by atoms with Crippen LogP contribution in [-0.4, -0.2) is 54.5 Å². The maximum Gasteiger partial charge on any atom is 0.405 e. The lowest BCUT2D eigenvalue weighted by Gasteiger charge is -2.68. The van der Waals surface area contributed by atoms with Crippen molar-refractivity contribution in [2.75, 3.05) is 17.2 Å². The Hall–Kier alpha value is -5.04. The van der Waals surface area contributed by atoms with E-state index < -0.39 is 23.3 Å². The third kappa shape index (κ3) is 4.52. The van der Waals surface area contributed by atoms with Crippen molar-refractivity contribution in [3.05, 3.63) is 77.2 Å². The highest BCUT2D eigenvalue weighted by Crippen LogP contribution is 2.67. The number of hydrogen-bond donors (Lipinski definition) is 5. The summed E-state index contributed by atoms with van der Waals surface area (Å²) in [4.78, 5) is 37.2. The summed E-state index contributed by atoms with van der Waals surface area (Å²) in [6.07, 6.45) is 2.37. The average molecular weight is 584 g/mol. The van der Waals surface area contributed by atoms with E-state index in [4.69, 9.17) is 19.4 Å². The molecule has 220 valence electrons. The first-order valence-electron chi connectivity index (χ1n) is 13.9. The van der Waals surface area contributed by atoms with E-state index in [1.165, 1.54) is 0 Å². The highest BCUT2D eigenvalue weighted by atomic mass is 16.6. The van der Waals surface area contributed by atoms with Gasteiger partial charge in [0.2, 0.25) is 5.95 Å². The van der Waals surface area contributed by atoms with E-state index in [0.29, 0.717) is 47.7 Å². The number of cyclic esters (lactones) is 1. The highest BCUT2D eigenvalue weighted by Gasteiger charge is 2.71. The molecule has 4 aliphatic rings. The van der Waals surface area contributed by atoms with Crippen molar-refractivity contribution < 1.29 is 29.1 Å². The lowest BCUT2D eigenvalue weighted by Crippen LogP contribution is -2.76. The van der Waals surface area contributed by atoms with Crippen LogP contribution in [0.1, 0.15) is 66.5 Å². The van der Waals surface area contributed by atoms with Crippen LogP contribution in [0, 0.1) is 0 Å². The molecule has 4 aromatic rings. The first-order chi connectivity index (χ1) is 20.6. The molecule has 1 aliphatic heterocycles. The summed E-state index contributed by atoms with van der Waals surface area (Å²) < 4.78 is 11.2. The van der Waals surface area contributed by atoms with Crippen LogP contribution in [0.25, 0.3) is 11.5 Å². The Morgan fingerprint density at radius 2 is 1.84 bits per heavy atom. The molecular formula is C30H29N7O6. The predicted molar refractivity (Wildman–Crippen MR) is 153 cm³/mol. The molecule has 0 saturated heterocycles. The number of anilines is 3. The van der Waals surface area contributed by atoms with Gasteiger partial charge in [-0.15, -0.1) is 0 Å². The second-order valence-corrected chi connectivity index (χ2v) is 12.0. The maximum absolute atomic E-state index is 12.2. The minimum atomic E-state index is -1.04. The van der Waals surface area contributed by atoms with Crippen LogP contribution in [0.3, 0.4) is 0 Å². The lowest BCUT2D eigenvalue weighted by molar-refractivity contribution is -0.0886. The molecule has 2 aromatic heterocycles. The molecule has 3 aliphatic carbocycles. The highest BCUT2D eigenvalue weighted by molar-refractivity contribution is 5.95. The molecule has 2 aromatic carbocycles. The quantitative estimate of drug-likeness (QED) is 0.177. The van der Waals surface area contributed by atoms with Gasteiger partial charge in [-0.1, -0.05) is 35.5 Å². The minimum Gasteiger partial charge on any atom is -0.465 e. The molecule has 1 unspecified atom stereocenters. The number of aliphatic hydroxyl groups is 1. The SMILES string of the molecule is CC1(C)OC(=O)c2ccc(Nc3ncc(-c4nc(C56CC(NC(=O)O)(C5)C6)no4)c(NC(CO)c4ccccc4)n3)cc21. The van der Waals surface area contributed by atoms with Gasteiger partial charge < -0.3 is 35.4 Å². The Morgan fingerprint density at radius 3 is 2.56 bits per heavy atom. The zero-order valence-electron chi connectivity index (χ0n) is 23.4. The standard InChI is InChI=1S/C30H29N7O6/c1-28(2)20-10-17(8-9-18(20)24(39)42-28)32-26-31-11-19(22(34-26)33-21(12-38)16-6-4-3-5-7-16)23-35-25(37-43-23)29-13-30(14-29,15-29)36-27(40)41/h3-11,21,36,38H,12-15H2,1-2H3,(H,40,41)(H2,31,32,33,34). The molecular weight excluding hydrogens is 554 g/mol. The van der Waals surface area contributed by atoms with Gasteiger partial charge in [0.25, 0.3) is 5.89 Å². The molecule has 3 heterocycles. The number of carbonyl (C=O) groups is 2. The van der Waals surface area contributed by atoms with Gasteiger partial charge in [-0.3, -0.25) is 0 Å². The number of aromatic nitrogens is 4. The minimum absolute atomic E-state index is 0.203.